The van der Waals surface area contributed by atoms with Crippen LogP contribution in [0.5, 0.6) is 5.75 Å². The minimum Gasteiger partial charge on any atom is -0.489 e. The molecule has 2 N–H and O–H groups in total. The van der Waals surface area contributed by atoms with E-state index in [2.05, 4.69) is 21.2 Å². The molecule has 0 aromatic heterocycles. The summed E-state index contributed by atoms with van der Waals surface area (Å²) in [5.41, 5.74) is 1.58. The van der Waals surface area contributed by atoms with Gasteiger partial charge in [-0.2, -0.15) is 5.26 Å². The van der Waals surface area contributed by atoms with Crippen LogP contribution in [0.25, 0.3) is 6.08 Å². The zero-order valence-electron chi connectivity index (χ0n) is 16.2. The number of aromatic carboxylic acids is 1. The molecule has 0 aliphatic heterocycles. The number of halogens is 1. The number of amides is 1. The first-order valence-corrected chi connectivity index (χ1v) is 9.98. The van der Waals surface area contributed by atoms with Gasteiger partial charge in [-0.3, -0.25) is 4.79 Å². The Morgan fingerprint density at radius 2 is 1.71 bits per heavy atom. The van der Waals surface area contributed by atoms with Crippen molar-refractivity contribution in [2.75, 3.05) is 5.32 Å². The van der Waals surface area contributed by atoms with Gasteiger partial charge in [0.1, 0.15) is 24.0 Å². The van der Waals surface area contributed by atoms with E-state index in [1.54, 1.807) is 36.4 Å². The molecule has 1 amide bonds. The lowest BCUT2D eigenvalue weighted by Gasteiger charge is -2.08. The van der Waals surface area contributed by atoms with Gasteiger partial charge >= 0.3 is 5.97 Å². The van der Waals surface area contributed by atoms with Crippen LogP contribution in [0.1, 0.15) is 21.5 Å². The summed E-state index contributed by atoms with van der Waals surface area (Å²) in [6, 6.07) is 22.6. The molecule has 3 aromatic carbocycles. The van der Waals surface area contributed by atoms with E-state index in [0.29, 0.717) is 17.9 Å². The Balaban J connectivity index is 1.68. The van der Waals surface area contributed by atoms with Crippen molar-refractivity contribution in [1.82, 2.24) is 0 Å². The highest BCUT2D eigenvalue weighted by Gasteiger charge is 2.14. The molecule has 3 aromatic rings. The molecular weight excluding hydrogens is 460 g/mol. The lowest BCUT2D eigenvalue weighted by Crippen LogP contribution is -2.16. The van der Waals surface area contributed by atoms with Crippen molar-refractivity contribution in [3.05, 3.63) is 99.5 Å². The fourth-order valence-electron chi connectivity index (χ4n) is 2.69. The summed E-state index contributed by atoms with van der Waals surface area (Å²) in [4.78, 5) is 23.7. The van der Waals surface area contributed by atoms with Crippen LogP contribution in [0, 0.1) is 11.3 Å². The Kier molecular flexibility index (Phi) is 7.20. The maximum absolute atomic E-state index is 12.5. The number of carbonyl (C=O) groups excluding carboxylic acids is 1. The van der Waals surface area contributed by atoms with E-state index < -0.39 is 11.9 Å². The van der Waals surface area contributed by atoms with Crippen LogP contribution in [0.2, 0.25) is 0 Å². The van der Waals surface area contributed by atoms with Crippen molar-refractivity contribution in [3.8, 4) is 11.8 Å². The summed E-state index contributed by atoms with van der Waals surface area (Å²) in [5, 5.41) is 21.1. The van der Waals surface area contributed by atoms with Gasteiger partial charge in [-0.1, -0.05) is 52.3 Å². The summed E-state index contributed by atoms with van der Waals surface area (Å²) in [6.07, 6.45) is 1.43. The summed E-state index contributed by atoms with van der Waals surface area (Å²) in [7, 11) is 0. The van der Waals surface area contributed by atoms with Crippen LogP contribution in [0.4, 0.5) is 5.69 Å². The molecule has 0 radical (unpaired) electrons. The number of carboxylic acids is 1. The summed E-state index contributed by atoms with van der Waals surface area (Å²) in [6.45, 7) is 0.414. The third-order valence-electron chi connectivity index (χ3n) is 4.28. The molecule has 3 rings (SSSR count). The second-order valence-electron chi connectivity index (χ2n) is 6.46. The topological polar surface area (TPSA) is 99.4 Å². The predicted octanol–water partition coefficient (Wildman–Crippen LogP) is 5.27. The molecule has 0 spiro atoms. The first-order chi connectivity index (χ1) is 15.0. The quantitative estimate of drug-likeness (QED) is 0.357. The van der Waals surface area contributed by atoms with Crippen LogP contribution in [0.15, 0.2) is 82.8 Å². The van der Waals surface area contributed by atoms with Gasteiger partial charge in [-0.15, -0.1) is 0 Å². The van der Waals surface area contributed by atoms with Crippen molar-refractivity contribution in [3.63, 3.8) is 0 Å². The lowest BCUT2D eigenvalue weighted by atomic mass is 10.1. The van der Waals surface area contributed by atoms with Crippen LogP contribution < -0.4 is 10.1 Å². The standard InChI is InChI=1S/C24H17BrN2O4/c25-19-9-5-17(6-10-19)15-31-20-11-7-16(8-12-20)13-18(14-26)23(28)27-22-4-2-1-3-21(22)24(29)30/h1-13H,15H2,(H,27,28)(H,29,30)/b18-13+. The Bertz CT molecular complexity index is 1160. The number of nitrogens with one attached hydrogen (secondary N) is 1. The van der Waals surface area contributed by atoms with Crippen LogP contribution in [-0.2, 0) is 11.4 Å². The van der Waals surface area contributed by atoms with Gasteiger partial charge in [0.15, 0.2) is 0 Å². The van der Waals surface area contributed by atoms with E-state index in [1.807, 2.05) is 30.3 Å². The number of hydrogen-bond donors (Lipinski definition) is 2. The molecule has 7 heteroatoms. The number of nitriles is 1. The summed E-state index contributed by atoms with van der Waals surface area (Å²) >= 11 is 3.39. The van der Waals surface area contributed by atoms with Crippen LogP contribution in [0.3, 0.4) is 0 Å². The monoisotopic (exact) mass is 476 g/mol. The molecule has 0 unspecified atom stereocenters. The first-order valence-electron chi connectivity index (χ1n) is 9.19. The normalized spacial score (nSPS) is 10.8. The Morgan fingerprint density at radius 1 is 1.03 bits per heavy atom. The Labute approximate surface area is 187 Å². The maximum atomic E-state index is 12.5. The van der Waals surface area contributed by atoms with E-state index in [-0.39, 0.29) is 16.8 Å². The van der Waals surface area contributed by atoms with E-state index >= 15 is 0 Å². The van der Waals surface area contributed by atoms with Crippen LogP contribution in [-0.4, -0.2) is 17.0 Å². The zero-order valence-corrected chi connectivity index (χ0v) is 17.8. The minimum atomic E-state index is -1.17. The van der Waals surface area contributed by atoms with Gasteiger partial charge in [0.05, 0.1) is 11.3 Å². The molecule has 0 aliphatic rings. The number of ether oxygens (including phenoxy) is 1. The van der Waals surface area contributed by atoms with Gasteiger partial charge in [-0.25, -0.2) is 4.79 Å². The number of benzene rings is 3. The number of carbonyl (C=O) groups is 2. The minimum absolute atomic E-state index is 0.0552. The number of para-hydroxylation sites is 1. The highest BCUT2D eigenvalue weighted by Crippen LogP contribution is 2.19. The lowest BCUT2D eigenvalue weighted by molar-refractivity contribution is -0.112. The largest absolute Gasteiger partial charge is 0.489 e. The fourth-order valence-corrected chi connectivity index (χ4v) is 2.96. The number of carboxylic acid groups (broad SMARTS) is 1. The van der Waals surface area contributed by atoms with Crippen LogP contribution >= 0.6 is 15.9 Å². The number of rotatable bonds is 7. The van der Waals surface area contributed by atoms with Crippen molar-refractivity contribution < 1.29 is 19.4 Å². The summed E-state index contributed by atoms with van der Waals surface area (Å²) < 4.78 is 6.74. The average Bonchev–Trinajstić information content (AvgIpc) is 2.78. The fraction of sp³-hybridized carbons (Fsp3) is 0.0417. The molecule has 0 aliphatic carbocycles. The third-order valence-corrected chi connectivity index (χ3v) is 4.81. The summed E-state index contributed by atoms with van der Waals surface area (Å²) in [5.74, 6) is -1.21. The number of anilines is 1. The third kappa shape index (κ3) is 6.04. The molecule has 0 atom stereocenters. The zero-order chi connectivity index (χ0) is 22.2. The molecule has 0 saturated heterocycles. The van der Waals surface area contributed by atoms with Gasteiger partial charge in [-0.05, 0) is 53.6 Å². The van der Waals surface area contributed by atoms with Crippen molar-refractivity contribution >= 4 is 39.6 Å². The van der Waals surface area contributed by atoms with Crippen molar-refractivity contribution in [2.24, 2.45) is 0 Å². The average molecular weight is 477 g/mol. The molecule has 154 valence electrons. The molecule has 0 fully saturated rings. The second kappa shape index (κ2) is 10.2. The Hall–Kier alpha value is -3.89. The second-order valence-corrected chi connectivity index (χ2v) is 7.37. The van der Waals surface area contributed by atoms with Gasteiger partial charge in [0, 0.05) is 4.47 Å². The van der Waals surface area contributed by atoms with Gasteiger partial charge in [0.25, 0.3) is 5.91 Å². The highest BCUT2D eigenvalue weighted by atomic mass is 79.9. The highest BCUT2D eigenvalue weighted by molar-refractivity contribution is 9.10. The molecular formula is C24H17BrN2O4. The number of nitrogens with zero attached hydrogens (tertiary/aromatic N) is 1. The molecule has 0 bridgehead atoms. The predicted molar refractivity (Wildman–Crippen MR) is 121 cm³/mol. The van der Waals surface area contributed by atoms with E-state index in [9.17, 15) is 20.0 Å². The van der Waals surface area contributed by atoms with E-state index in [4.69, 9.17) is 4.74 Å². The smallest absolute Gasteiger partial charge is 0.337 e. The number of hydrogen-bond acceptors (Lipinski definition) is 4. The molecule has 6 nitrogen and oxygen atoms in total. The van der Waals surface area contributed by atoms with Crippen molar-refractivity contribution in [1.29, 1.82) is 5.26 Å². The molecule has 0 saturated carbocycles. The maximum Gasteiger partial charge on any atom is 0.337 e. The van der Waals surface area contributed by atoms with E-state index in [0.717, 1.165) is 10.0 Å². The SMILES string of the molecule is N#C/C(=C\c1ccc(OCc2ccc(Br)cc2)cc1)C(=O)Nc1ccccc1C(=O)O. The van der Waals surface area contributed by atoms with Gasteiger partial charge < -0.3 is 15.2 Å². The van der Waals surface area contributed by atoms with E-state index in [1.165, 1.54) is 18.2 Å². The molecule has 31 heavy (non-hydrogen) atoms. The Morgan fingerprint density at radius 3 is 2.35 bits per heavy atom. The van der Waals surface area contributed by atoms with Crippen molar-refractivity contribution in [2.45, 2.75) is 6.61 Å². The van der Waals surface area contributed by atoms with Gasteiger partial charge in [0.2, 0.25) is 0 Å². The molecule has 0 heterocycles. The first kappa shape index (κ1) is 21.8.